The fraction of sp³-hybridized carbons (Fsp3) is 0.0769. The molecule has 0 aliphatic rings. The van der Waals surface area contributed by atoms with Crippen molar-refractivity contribution in [1.82, 2.24) is 4.98 Å². The fourth-order valence-corrected chi connectivity index (χ4v) is 1.90. The molecule has 84 valence electrons. The van der Waals surface area contributed by atoms with E-state index >= 15 is 0 Å². The van der Waals surface area contributed by atoms with Gasteiger partial charge in [-0.15, -0.1) is 11.8 Å². The highest BCUT2D eigenvalue weighted by Crippen LogP contribution is 2.32. The van der Waals surface area contributed by atoms with Crippen molar-refractivity contribution >= 4 is 11.8 Å². The van der Waals surface area contributed by atoms with Crippen molar-refractivity contribution in [2.75, 3.05) is 6.26 Å². The number of nitrogens with zero attached hydrogens (tertiary/aromatic N) is 2. The largest absolute Gasteiger partial charge is 0.453 e. The number of hydrogen-bond donors (Lipinski definition) is 0. The van der Waals surface area contributed by atoms with Crippen LogP contribution in [-0.4, -0.2) is 11.2 Å². The van der Waals surface area contributed by atoms with Gasteiger partial charge in [-0.05, 0) is 24.5 Å². The Bertz CT molecular complexity index is 563. The third-order valence-electron chi connectivity index (χ3n) is 2.19. The van der Waals surface area contributed by atoms with Gasteiger partial charge in [-0.2, -0.15) is 5.26 Å². The quantitative estimate of drug-likeness (QED) is 0.773. The van der Waals surface area contributed by atoms with Gasteiger partial charge in [0.25, 0.3) is 0 Å². The summed E-state index contributed by atoms with van der Waals surface area (Å²) in [6.45, 7) is 0. The van der Waals surface area contributed by atoms with E-state index in [0.29, 0.717) is 11.3 Å². The standard InChI is InChI=1S/C13H10N2OS/c1-17-13-5-3-2-4-11(13)16-12-9-15-7-6-10(12)8-14/h2-7,9H,1H3. The van der Waals surface area contributed by atoms with Crippen molar-refractivity contribution in [1.29, 1.82) is 5.26 Å². The lowest BCUT2D eigenvalue weighted by Gasteiger charge is -2.09. The SMILES string of the molecule is CSc1ccccc1Oc1cnccc1C#N. The van der Waals surface area contributed by atoms with Gasteiger partial charge in [-0.25, -0.2) is 0 Å². The summed E-state index contributed by atoms with van der Waals surface area (Å²) in [5.74, 6) is 1.22. The van der Waals surface area contributed by atoms with Crippen LogP contribution in [0.5, 0.6) is 11.5 Å². The maximum Gasteiger partial charge on any atom is 0.163 e. The number of thioether (sulfide) groups is 1. The summed E-state index contributed by atoms with van der Waals surface area (Å²) in [7, 11) is 0. The van der Waals surface area contributed by atoms with E-state index in [4.69, 9.17) is 10.00 Å². The lowest BCUT2D eigenvalue weighted by Crippen LogP contribution is -1.90. The average Bonchev–Trinajstić information content (AvgIpc) is 2.40. The maximum atomic E-state index is 8.96. The van der Waals surface area contributed by atoms with Crippen LogP contribution in [0.3, 0.4) is 0 Å². The van der Waals surface area contributed by atoms with Gasteiger partial charge in [0.2, 0.25) is 0 Å². The molecule has 1 aromatic heterocycles. The molecule has 0 bridgehead atoms. The lowest BCUT2D eigenvalue weighted by molar-refractivity contribution is 0.467. The number of benzene rings is 1. The summed E-state index contributed by atoms with van der Waals surface area (Å²) in [4.78, 5) is 4.99. The molecule has 2 aromatic rings. The third-order valence-corrected chi connectivity index (χ3v) is 2.97. The first-order valence-electron chi connectivity index (χ1n) is 5.00. The molecule has 2 rings (SSSR count). The van der Waals surface area contributed by atoms with Gasteiger partial charge in [0, 0.05) is 11.1 Å². The smallest absolute Gasteiger partial charge is 0.163 e. The predicted molar refractivity (Wildman–Crippen MR) is 67.2 cm³/mol. The van der Waals surface area contributed by atoms with Crippen LogP contribution < -0.4 is 4.74 Å². The van der Waals surface area contributed by atoms with Crippen molar-refractivity contribution in [3.63, 3.8) is 0 Å². The molecule has 0 saturated heterocycles. The minimum Gasteiger partial charge on any atom is -0.453 e. The van der Waals surface area contributed by atoms with Crippen LogP contribution in [0.15, 0.2) is 47.6 Å². The van der Waals surface area contributed by atoms with Gasteiger partial charge < -0.3 is 4.74 Å². The van der Waals surface area contributed by atoms with Crippen molar-refractivity contribution < 1.29 is 4.74 Å². The Balaban J connectivity index is 2.35. The van der Waals surface area contributed by atoms with E-state index < -0.39 is 0 Å². The molecule has 0 aliphatic carbocycles. The molecule has 0 radical (unpaired) electrons. The molecular formula is C13H10N2OS. The average molecular weight is 242 g/mol. The van der Waals surface area contributed by atoms with Crippen molar-refractivity contribution in [3.8, 4) is 17.6 Å². The summed E-state index contributed by atoms with van der Waals surface area (Å²) < 4.78 is 5.72. The molecule has 1 heterocycles. The molecule has 3 nitrogen and oxygen atoms in total. The zero-order valence-corrected chi connectivity index (χ0v) is 10.1. The number of ether oxygens (including phenoxy) is 1. The van der Waals surface area contributed by atoms with Crippen molar-refractivity contribution in [3.05, 3.63) is 48.3 Å². The lowest BCUT2D eigenvalue weighted by atomic mass is 10.2. The molecule has 0 aliphatic heterocycles. The highest BCUT2D eigenvalue weighted by Gasteiger charge is 2.07. The molecule has 1 aromatic carbocycles. The van der Waals surface area contributed by atoms with Gasteiger partial charge in [-0.3, -0.25) is 4.98 Å². The van der Waals surface area contributed by atoms with Gasteiger partial charge in [0.1, 0.15) is 11.8 Å². The molecule has 0 N–H and O–H groups in total. The summed E-state index contributed by atoms with van der Waals surface area (Å²) in [5, 5.41) is 8.96. The minimum absolute atomic E-state index is 0.482. The Labute approximate surface area is 104 Å². The molecule has 0 unspecified atom stereocenters. The first kappa shape index (κ1) is 11.5. The van der Waals surface area contributed by atoms with Gasteiger partial charge >= 0.3 is 0 Å². The maximum absolute atomic E-state index is 8.96. The van der Waals surface area contributed by atoms with Crippen LogP contribution in [0.25, 0.3) is 0 Å². The highest BCUT2D eigenvalue weighted by molar-refractivity contribution is 7.98. The van der Waals surface area contributed by atoms with Crippen LogP contribution in [0.2, 0.25) is 0 Å². The van der Waals surface area contributed by atoms with Crippen molar-refractivity contribution in [2.24, 2.45) is 0 Å². The Morgan fingerprint density at radius 1 is 1.24 bits per heavy atom. The van der Waals surface area contributed by atoms with Gasteiger partial charge in [0.05, 0.1) is 11.8 Å². The monoisotopic (exact) mass is 242 g/mol. The first-order valence-corrected chi connectivity index (χ1v) is 6.22. The molecule has 0 spiro atoms. The van der Waals surface area contributed by atoms with Crippen molar-refractivity contribution in [2.45, 2.75) is 4.90 Å². The number of para-hydroxylation sites is 1. The van der Waals surface area contributed by atoms with Gasteiger partial charge in [-0.1, -0.05) is 12.1 Å². The van der Waals surface area contributed by atoms with Crippen LogP contribution in [-0.2, 0) is 0 Å². The Hall–Kier alpha value is -1.99. The van der Waals surface area contributed by atoms with E-state index in [2.05, 4.69) is 11.1 Å². The fourth-order valence-electron chi connectivity index (χ4n) is 1.38. The van der Waals surface area contributed by atoms with E-state index in [1.54, 1.807) is 30.2 Å². The number of pyridine rings is 1. The number of nitriles is 1. The van der Waals surface area contributed by atoms with E-state index in [-0.39, 0.29) is 0 Å². The summed E-state index contributed by atoms with van der Waals surface area (Å²) in [6, 6.07) is 11.4. The highest BCUT2D eigenvalue weighted by atomic mass is 32.2. The summed E-state index contributed by atoms with van der Waals surface area (Å²) in [6.07, 6.45) is 5.11. The second kappa shape index (κ2) is 5.37. The third kappa shape index (κ3) is 2.58. The Morgan fingerprint density at radius 3 is 2.82 bits per heavy atom. The van der Waals surface area contributed by atoms with E-state index in [9.17, 15) is 0 Å². The molecule has 0 fully saturated rings. The zero-order chi connectivity index (χ0) is 12.1. The minimum atomic E-state index is 0.482. The Morgan fingerprint density at radius 2 is 2.06 bits per heavy atom. The van der Waals surface area contributed by atoms with Crippen LogP contribution >= 0.6 is 11.8 Å². The molecule has 0 saturated carbocycles. The second-order valence-electron chi connectivity index (χ2n) is 3.24. The predicted octanol–water partition coefficient (Wildman–Crippen LogP) is 3.47. The number of rotatable bonds is 3. The van der Waals surface area contributed by atoms with E-state index in [1.165, 1.54) is 0 Å². The van der Waals surface area contributed by atoms with E-state index in [1.807, 2.05) is 30.5 Å². The number of hydrogen-bond acceptors (Lipinski definition) is 4. The summed E-state index contributed by atoms with van der Waals surface area (Å²) in [5.41, 5.74) is 0.482. The van der Waals surface area contributed by atoms with Crippen LogP contribution in [0.4, 0.5) is 0 Å². The van der Waals surface area contributed by atoms with Gasteiger partial charge in [0.15, 0.2) is 5.75 Å². The second-order valence-corrected chi connectivity index (χ2v) is 4.08. The normalized spacial score (nSPS) is 9.65. The topological polar surface area (TPSA) is 45.9 Å². The molecule has 17 heavy (non-hydrogen) atoms. The molecule has 0 amide bonds. The molecule has 4 heteroatoms. The summed E-state index contributed by atoms with van der Waals surface area (Å²) >= 11 is 1.60. The zero-order valence-electron chi connectivity index (χ0n) is 9.25. The van der Waals surface area contributed by atoms with Crippen LogP contribution in [0, 0.1) is 11.3 Å². The first-order chi connectivity index (χ1) is 8.35. The Kier molecular flexibility index (Phi) is 3.63. The molecule has 0 atom stereocenters. The van der Waals surface area contributed by atoms with E-state index in [0.717, 1.165) is 10.6 Å². The molecular weight excluding hydrogens is 232 g/mol. The number of aromatic nitrogens is 1. The van der Waals surface area contributed by atoms with Crippen LogP contribution in [0.1, 0.15) is 5.56 Å².